The third kappa shape index (κ3) is 5.96. The average Bonchev–Trinajstić information content (AvgIpc) is 2.95. The minimum Gasteiger partial charge on any atom is -0.497 e. The molecule has 3 aromatic carbocycles. The minimum atomic E-state index is -0.550. The smallest absolute Gasteiger partial charge is 0.238 e. The van der Waals surface area contributed by atoms with Gasteiger partial charge in [-0.25, -0.2) is 9.37 Å². The van der Waals surface area contributed by atoms with E-state index in [0.717, 1.165) is 5.56 Å². The van der Waals surface area contributed by atoms with E-state index < -0.39 is 11.1 Å². The molecule has 0 spiro atoms. The molecule has 38 heavy (non-hydrogen) atoms. The van der Waals surface area contributed by atoms with E-state index in [2.05, 4.69) is 11.4 Å². The molecule has 1 aromatic heterocycles. The molecule has 0 fully saturated rings. The Morgan fingerprint density at radius 1 is 1.03 bits per heavy atom. The third-order valence-corrected chi connectivity index (χ3v) is 7.25. The number of hydrogen-bond acceptors (Lipinski definition) is 6. The minimum absolute atomic E-state index is 0.241. The second-order valence-electron chi connectivity index (χ2n) is 8.29. The van der Waals surface area contributed by atoms with Gasteiger partial charge in [-0.05, 0) is 66.6 Å². The number of carbonyl (C=O) groups is 1. The van der Waals surface area contributed by atoms with E-state index in [1.54, 1.807) is 44.6 Å². The number of amides is 1. The Labute approximate surface area is 225 Å². The Morgan fingerprint density at radius 2 is 1.79 bits per heavy atom. The second kappa shape index (κ2) is 12.3. The van der Waals surface area contributed by atoms with Crippen LogP contribution in [0.2, 0.25) is 0 Å². The Morgan fingerprint density at radius 3 is 2.45 bits per heavy atom. The number of nitriles is 1. The molecule has 0 radical (unpaired) electrons. The van der Waals surface area contributed by atoms with E-state index in [1.807, 2.05) is 43.3 Å². The second-order valence-corrected chi connectivity index (χ2v) is 9.48. The molecule has 0 aliphatic heterocycles. The van der Waals surface area contributed by atoms with Crippen LogP contribution in [0.15, 0.2) is 83.9 Å². The van der Waals surface area contributed by atoms with Crippen LogP contribution in [0.4, 0.5) is 10.1 Å². The highest BCUT2D eigenvalue weighted by Crippen LogP contribution is 2.37. The highest BCUT2D eigenvalue weighted by molar-refractivity contribution is 8.00. The van der Waals surface area contributed by atoms with Crippen LogP contribution in [0.3, 0.4) is 0 Å². The SMILES string of the molecule is CCC(Sc1nc(-c2ccc(OC)cc2)cc(-c2cccc(F)c2)c1C#N)C(=O)Nc1ccccc1OC. The molecular formula is C30H26FN3O3S. The first-order chi connectivity index (χ1) is 18.5. The van der Waals surface area contributed by atoms with E-state index >= 15 is 0 Å². The predicted octanol–water partition coefficient (Wildman–Crippen LogP) is 6.95. The summed E-state index contributed by atoms with van der Waals surface area (Å²) in [6.45, 7) is 1.90. The van der Waals surface area contributed by atoms with Gasteiger partial charge in [0.15, 0.2) is 0 Å². The normalized spacial score (nSPS) is 11.3. The van der Waals surface area contributed by atoms with Crippen molar-refractivity contribution in [2.24, 2.45) is 0 Å². The van der Waals surface area contributed by atoms with Crippen molar-refractivity contribution in [2.75, 3.05) is 19.5 Å². The summed E-state index contributed by atoms with van der Waals surface area (Å²) in [5, 5.41) is 12.9. The maximum Gasteiger partial charge on any atom is 0.238 e. The molecule has 1 N–H and O–H groups in total. The van der Waals surface area contributed by atoms with Crippen molar-refractivity contribution in [3.05, 3.63) is 90.2 Å². The molecule has 8 heteroatoms. The summed E-state index contributed by atoms with van der Waals surface area (Å²) in [6, 6.07) is 24.6. The maximum absolute atomic E-state index is 14.2. The number of halogens is 1. The molecule has 1 unspecified atom stereocenters. The van der Waals surface area contributed by atoms with Crippen LogP contribution >= 0.6 is 11.8 Å². The van der Waals surface area contributed by atoms with Gasteiger partial charge in [0, 0.05) is 11.1 Å². The van der Waals surface area contributed by atoms with E-state index in [1.165, 1.54) is 23.9 Å². The quantitative estimate of drug-likeness (QED) is 0.237. The highest BCUT2D eigenvalue weighted by Gasteiger charge is 2.24. The summed E-state index contributed by atoms with van der Waals surface area (Å²) >= 11 is 1.21. The van der Waals surface area contributed by atoms with E-state index in [0.29, 0.717) is 45.5 Å². The first kappa shape index (κ1) is 26.7. The van der Waals surface area contributed by atoms with Gasteiger partial charge in [0.05, 0.1) is 36.4 Å². The molecule has 0 aliphatic carbocycles. The summed E-state index contributed by atoms with van der Waals surface area (Å²) in [6.07, 6.45) is 0.486. The molecular weight excluding hydrogens is 501 g/mol. The van der Waals surface area contributed by atoms with Crippen LogP contribution in [0.1, 0.15) is 18.9 Å². The fourth-order valence-corrected chi connectivity index (χ4v) is 4.95. The lowest BCUT2D eigenvalue weighted by molar-refractivity contribution is -0.115. The van der Waals surface area contributed by atoms with Gasteiger partial charge in [-0.3, -0.25) is 4.79 Å². The Bertz CT molecular complexity index is 1490. The summed E-state index contributed by atoms with van der Waals surface area (Å²) < 4.78 is 24.8. The van der Waals surface area contributed by atoms with Crippen molar-refractivity contribution < 1.29 is 18.7 Å². The van der Waals surface area contributed by atoms with Crippen molar-refractivity contribution in [3.63, 3.8) is 0 Å². The molecule has 192 valence electrons. The molecule has 1 amide bonds. The zero-order chi connectivity index (χ0) is 27.1. The topological polar surface area (TPSA) is 84.2 Å². The summed E-state index contributed by atoms with van der Waals surface area (Å²) in [7, 11) is 3.13. The van der Waals surface area contributed by atoms with Gasteiger partial charge in [0.25, 0.3) is 0 Å². The van der Waals surface area contributed by atoms with Gasteiger partial charge in [-0.1, -0.05) is 43.0 Å². The average molecular weight is 528 g/mol. The molecule has 4 rings (SSSR count). The van der Waals surface area contributed by atoms with Gasteiger partial charge in [-0.15, -0.1) is 0 Å². The summed E-state index contributed by atoms with van der Waals surface area (Å²) in [5.41, 5.74) is 3.30. The van der Waals surface area contributed by atoms with Crippen LogP contribution < -0.4 is 14.8 Å². The first-order valence-electron chi connectivity index (χ1n) is 11.9. The lowest BCUT2D eigenvalue weighted by Gasteiger charge is -2.18. The lowest BCUT2D eigenvalue weighted by atomic mass is 9.99. The number of aromatic nitrogens is 1. The van der Waals surface area contributed by atoms with E-state index in [-0.39, 0.29) is 11.5 Å². The summed E-state index contributed by atoms with van der Waals surface area (Å²) in [4.78, 5) is 18.1. The molecule has 6 nitrogen and oxygen atoms in total. The third-order valence-electron chi connectivity index (χ3n) is 5.90. The number of benzene rings is 3. The molecule has 4 aromatic rings. The van der Waals surface area contributed by atoms with Gasteiger partial charge >= 0.3 is 0 Å². The number of para-hydroxylation sites is 2. The number of nitrogens with one attached hydrogen (secondary N) is 1. The van der Waals surface area contributed by atoms with Gasteiger partial charge in [0.1, 0.15) is 28.4 Å². The van der Waals surface area contributed by atoms with Crippen LogP contribution in [0.5, 0.6) is 11.5 Å². The van der Waals surface area contributed by atoms with Crippen LogP contribution in [0, 0.1) is 17.1 Å². The fraction of sp³-hybridized carbons (Fsp3) is 0.167. The van der Waals surface area contributed by atoms with Gasteiger partial charge in [-0.2, -0.15) is 5.26 Å². The monoisotopic (exact) mass is 527 g/mol. The van der Waals surface area contributed by atoms with Crippen molar-refractivity contribution >= 4 is 23.4 Å². The largest absolute Gasteiger partial charge is 0.497 e. The van der Waals surface area contributed by atoms with Crippen LogP contribution in [0.25, 0.3) is 22.4 Å². The zero-order valence-electron chi connectivity index (χ0n) is 21.2. The Kier molecular flexibility index (Phi) is 8.62. The Balaban J connectivity index is 1.77. The molecule has 0 bridgehead atoms. The van der Waals surface area contributed by atoms with E-state index in [4.69, 9.17) is 14.5 Å². The number of methoxy groups -OCH3 is 2. The van der Waals surface area contributed by atoms with Gasteiger partial charge < -0.3 is 14.8 Å². The fourth-order valence-electron chi connectivity index (χ4n) is 3.93. The van der Waals surface area contributed by atoms with Crippen molar-refractivity contribution in [1.29, 1.82) is 5.26 Å². The standard InChI is InChI=1S/C30H26FN3O3S/c1-4-28(29(35)33-25-10-5-6-11-27(25)37-3)38-30-24(18-32)23(20-8-7-9-21(31)16-20)17-26(34-30)19-12-14-22(36-2)15-13-19/h5-17,28H,4H2,1-3H3,(H,33,35). The Hall–Kier alpha value is -4.35. The lowest BCUT2D eigenvalue weighted by Crippen LogP contribution is -2.25. The van der Waals surface area contributed by atoms with Crippen molar-refractivity contribution in [1.82, 2.24) is 4.98 Å². The molecule has 0 saturated carbocycles. The van der Waals surface area contributed by atoms with Gasteiger partial charge in [0.2, 0.25) is 5.91 Å². The predicted molar refractivity (Wildman–Crippen MR) is 148 cm³/mol. The number of thioether (sulfide) groups is 1. The van der Waals surface area contributed by atoms with Crippen molar-refractivity contribution in [3.8, 4) is 40.0 Å². The number of nitrogens with zero attached hydrogens (tertiary/aromatic N) is 2. The van der Waals surface area contributed by atoms with Crippen molar-refractivity contribution in [2.45, 2.75) is 23.6 Å². The summed E-state index contributed by atoms with van der Waals surface area (Å²) in [5.74, 6) is 0.591. The number of ether oxygens (including phenoxy) is 2. The molecule has 1 heterocycles. The highest BCUT2D eigenvalue weighted by atomic mass is 32.2. The van der Waals surface area contributed by atoms with Crippen LogP contribution in [-0.4, -0.2) is 30.4 Å². The number of pyridine rings is 1. The number of hydrogen-bond donors (Lipinski definition) is 1. The zero-order valence-corrected chi connectivity index (χ0v) is 22.0. The maximum atomic E-state index is 14.2. The molecule has 0 saturated heterocycles. The van der Waals surface area contributed by atoms with E-state index in [9.17, 15) is 14.4 Å². The number of rotatable bonds is 9. The van der Waals surface area contributed by atoms with Crippen LogP contribution in [-0.2, 0) is 4.79 Å². The number of carbonyl (C=O) groups excluding carboxylic acids is 1. The first-order valence-corrected chi connectivity index (χ1v) is 12.8. The molecule has 1 atom stereocenters. The molecule has 0 aliphatic rings. The number of anilines is 1.